The molecule has 2 amide bonds. The summed E-state index contributed by atoms with van der Waals surface area (Å²) in [5.74, 6) is -0.425. The molecule has 0 saturated heterocycles. The molecule has 0 radical (unpaired) electrons. The van der Waals surface area contributed by atoms with Crippen molar-refractivity contribution in [3.8, 4) is 5.75 Å². The van der Waals surface area contributed by atoms with E-state index >= 15 is 0 Å². The van der Waals surface area contributed by atoms with Gasteiger partial charge in [0.2, 0.25) is 0 Å². The number of nitrogens with one attached hydrogen (secondary N) is 3. The lowest BCUT2D eigenvalue weighted by Crippen LogP contribution is -2.58. The lowest BCUT2D eigenvalue weighted by Gasteiger charge is -2.33. The number of aromatic amines is 1. The molecule has 0 saturated carbocycles. The minimum Gasteiger partial charge on any atom is -0.466 e. The average molecular weight is 363 g/mol. The van der Waals surface area contributed by atoms with Crippen LogP contribution in [0.3, 0.4) is 0 Å². The summed E-state index contributed by atoms with van der Waals surface area (Å²) in [7, 11) is 0. The molecule has 138 valence electrons. The van der Waals surface area contributed by atoms with E-state index in [-0.39, 0.29) is 0 Å². The molecule has 1 unspecified atom stereocenters. The lowest BCUT2D eigenvalue weighted by atomic mass is 10.0. The standard InChI is InChI=1S/C21H21N3O3/c1-13-7-8-18-17(11-13)24-20(26)21(2,27-18)19(25)22-10-9-14-12-23-16-6-4-3-5-15(14)16/h3-8,11-12,23H,9-10H2,1-2H3,(H,22,25)(H,24,26). The van der Waals surface area contributed by atoms with Crippen molar-refractivity contribution in [2.75, 3.05) is 11.9 Å². The Hall–Kier alpha value is -3.28. The molecule has 4 rings (SSSR count). The minimum absolute atomic E-state index is 0.410. The first-order chi connectivity index (χ1) is 13.0. The molecule has 0 spiro atoms. The van der Waals surface area contributed by atoms with Crippen LogP contribution < -0.4 is 15.4 Å². The highest BCUT2D eigenvalue weighted by Crippen LogP contribution is 2.34. The normalized spacial score (nSPS) is 18.5. The molecule has 6 heteroatoms. The Bertz CT molecular complexity index is 1040. The van der Waals surface area contributed by atoms with E-state index in [0.717, 1.165) is 22.0 Å². The SMILES string of the molecule is Cc1ccc2c(c1)NC(=O)C(C)(C(=O)NCCc1c[nH]c3ccccc13)O2. The topological polar surface area (TPSA) is 83.2 Å². The highest BCUT2D eigenvalue weighted by molar-refractivity contribution is 6.15. The van der Waals surface area contributed by atoms with E-state index in [2.05, 4.69) is 15.6 Å². The summed E-state index contributed by atoms with van der Waals surface area (Å²) < 4.78 is 5.78. The monoisotopic (exact) mass is 363 g/mol. The van der Waals surface area contributed by atoms with Gasteiger partial charge in [0.05, 0.1) is 5.69 Å². The van der Waals surface area contributed by atoms with E-state index in [9.17, 15) is 9.59 Å². The number of amides is 2. The molecule has 2 aromatic carbocycles. The number of fused-ring (bicyclic) bond motifs is 2. The summed E-state index contributed by atoms with van der Waals surface area (Å²) in [6.07, 6.45) is 2.60. The highest BCUT2D eigenvalue weighted by Gasteiger charge is 2.47. The average Bonchev–Trinajstić information content (AvgIpc) is 3.06. The predicted molar refractivity (Wildman–Crippen MR) is 104 cm³/mol. The van der Waals surface area contributed by atoms with Crippen molar-refractivity contribution in [3.63, 3.8) is 0 Å². The largest absolute Gasteiger partial charge is 0.466 e. The number of ether oxygens (including phenoxy) is 1. The Morgan fingerprint density at radius 2 is 2.04 bits per heavy atom. The van der Waals surface area contributed by atoms with Crippen LogP contribution in [0.5, 0.6) is 5.75 Å². The third kappa shape index (κ3) is 3.03. The first kappa shape index (κ1) is 17.1. The maximum Gasteiger partial charge on any atom is 0.278 e. The van der Waals surface area contributed by atoms with Gasteiger partial charge in [0.25, 0.3) is 17.4 Å². The number of para-hydroxylation sites is 1. The van der Waals surface area contributed by atoms with Crippen LogP contribution in [0, 0.1) is 6.92 Å². The van der Waals surface area contributed by atoms with Crippen molar-refractivity contribution in [1.82, 2.24) is 10.3 Å². The Balaban J connectivity index is 1.44. The first-order valence-electron chi connectivity index (χ1n) is 8.92. The molecular weight excluding hydrogens is 342 g/mol. The fourth-order valence-corrected chi connectivity index (χ4v) is 3.31. The molecule has 0 fully saturated rings. The smallest absolute Gasteiger partial charge is 0.278 e. The van der Waals surface area contributed by atoms with Crippen molar-refractivity contribution in [1.29, 1.82) is 0 Å². The molecule has 2 heterocycles. The number of aromatic nitrogens is 1. The van der Waals surface area contributed by atoms with Gasteiger partial charge in [-0.2, -0.15) is 0 Å². The van der Waals surface area contributed by atoms with Crippen LogP contribution in [-0.4, -0.2) is 28.9 Å². The van der Waals surface area contributed by atoms with Gasteiger partial charge in [0.15, 0.2) is 0 Å². The molecule has 3 aromatic rings. The van der Waals surface area contributed by atoms with Gasteiger partial charge in [0.1, 0.15) is 5.75 Å². The van der Waals surface area contributed by atoms with E-state index < -0.39 is 17.4 Å². The van der Waals surface area contributed by atoms with Gasteiger partial charge in [-0.25, -0.2) is 0 Å². The molecule has 27 heavy (non-hydrogen) atoms. The predicted octanol–water partition coefficient (Wildman–Crippen LogP) is 2.92. The maximum absolute atomic E-state index is 12.7. The van der Waals surface area contributed by atoms with Crippen molar-refractivity contribution in [2.24, 2.45) is 0 Å². The number of carbonyl (C=O) groups excluding carboxylic acids is 2. The van der Waals surface area contributed by atoms with Gasteiger partial charge < -0.3 is 20.4 Å². The van der Waals surface area contributed by atoms with Gasteiger partial charge in [-0.1, -0.05) is 24.3 Å². The summed E-state index contributed by atoms with van der Waals surface area (Å²) in [4.78, 5) is 28.4. The van der Waals surface area contributed by atoms with E-state index in [1.807, 2.05) is 49.5 Å². The minimum atomic E-state index is -1.59. The highest BCUT2D eigenvalue weighted by atomic mass is 16.5. The second-order valence-electron chi connectivity index (χ2n) is 6.95. The summed E-state index contributed by atoms with van der Waals surface area (Å²) in [6.45, 7) is 3.83. The van der Waals surface area contributed by atoms with Crippen LogP contribution in [0.2, 0.25) is 0 Å². The van der Waals surface area contributed by atoms with Crippen LogP contribution in [0.15, 0.2) is 48.7 Å². The number of rotatable bonds is 4. The van der Waals surface area contributed by atoms with Gasteiger partial charge in [-0.3, -0.25) is 9.59 Å². The number of hydrogen-bond acceptors (Lipinski definition) is 3. The van der Waals surface area contributed by atoms with E-state index in [4.69, 9.17) is 4.74 Å². The molecule has 6 nitrogen and oxygen atoms in total. The van der Waals surface area contributed by atoms with Crippen LogP contribution in [0.1, 0.15) is 18.1 Å². The number of benzene rings is 2. The van der Waals surface area contributed by atoms with Crippen LogP contribution in [0.4, 0.5) is 5.69 Å². The molecule has 0 aliphatic carbocycles. The van der Waals surface area contributed by atoms with Crippen LogP contribution >= 0.6 is 0 Å². The first-order valence-corrected chi connectivity index (χ1v) is 8.92. The third-order valence-electron chi connectivity index (χ3n) is 4.92. The zero-order chi connectivity index (χ0) is 19.0. The fraction of sp³-hybridized carbons (Fsp3) is 0.238. The molecule has 1 atom stereocenters. The zero-order valence-corrected chi connectivity index (χ0v) is 15.3. The third-order valence-corrected chi connectivity index (χ3v) is 4.92. The number of aryl methyl sites for hydroxylation is 1. The van der Waals surface area contributed by atoms with Gasteiger partial charge in [-0.15, -0.1) is 0 Å². The number of hydrogen-bond donors (Lipinski definition) is 3. The van der Waals surface area contributed by atoms with E-state index in [1.165, 1.54) is 6.92 Å². The molecule has 1 aliphatic rings. The van der Waals surface area contributed by atoms with Crippen LogP contribution in [-0.2, 0) is 16.0 Å². The number of anilines is 1. The summed E-state index contributed by atoms with van der Waals surface area (Å²) >= 11 is 0. The van der Waals surface area contributed by atoms with E-state index in [1.54, 1.807) is 6.07 Å². The Kier molecular flexibility index (Phi) is 4.11. The van der Waals surface area contributed by atoms with Crippen molar-refractivity contribution in [3.05, 3.63) is 59.8 Å². The molecule has 1 aliphatic heterocycles. The van der Waals surface area contributed by atoms with Crippen molar-refractivity contribution < 1.29 is 14.3 Å². The summed E-state index contributed by atoms with van der Waals surface area (Å²) in [6, 6.07) is 13.5. The zero-order valence-electron chi connectivity index (χ0n) is 15.3. The number of carbonyl (C=O) groups is 2. The van der Waals surface area contributed by atoms with Gasteiger partial charge >= 0.3 is 0 Å². The Morgan fingerprint density at radius 1 is 1.22 bits per heavy atom. The van der Waals surface area contributed by atoms with Gasteiger partial charge in [-0.05, 0) is 49.6 Å². The fourth-order valence-electron chi connectivity index (χ4n) is 3.31. The molecule has 0 bridgehead atoms. The van der Waals surface area contributed by atoms with Gasteiger partial charge in [0, 0.05) is 23.6 Å². The quantitative estimate of drug-likeness (QED) is 0.623. The molecular formula is C21H21N3O3. The second-order valence-corrected chi connectivity index (χ2v) is 6.95. The summed E-state index contributed by atoms with van der Waals surface area (Å²) in [5.41, 5.74) is 2.18. The van der Waals surface area contributed by atoms with E-state index in [0.29, 0.717) is 24.4 Å². The van der Waals surface area contributed by atoms with Crippen LogP contribution in [0.25, 0.3) is 10.9 Å². The lowest BCUT2D eigenvalue weighted by molar-refractivity contribution is -0.146. The molecule has 3 N–H and O–H groups in total. The second kappa shape index (κ2) is 6.46. The Morgan fingerprint density at radius 3 is 2.89 bits per heavy atom. The summed E-state index contributed by atoms with van der Waals surface area (Å²) in [5, 5.41) is 6.73. The maximum atomic E-state index is 12.7. The van der Waals surface area contributed by atoms with Crippen molar-refractivity contribution in [2.45, 2.75) is 25.9 Å². The number of H-pyrrole nitrogens is 1. The molecule has 1 aromatic heterocycles. The van der Waals surface area contributed by atoms with Crippen molar-refractivity contribution >= 4 is 28.4 Å². The Labute approximate surface area is 156 Å².